The highest BCUT2D eigenvalue weighted by Crippen LogP contribution is 2.21. The number of nitrogens with one attached hydrogen (secondary N) is 2. The first-order valence-electron chi connectivity index (χ1n) is 5.75. The molecular weight excluding hydrogens is 212 g/mol. The van der Waals surface area contributed by atoms with Gasteiger partial charge in [-0.15, -0.1) is 0 Å². The highest BCUT2D eigenvalue weighted by molar-refractivity contribution is 5.75. The Morgan fingerprint density at radius 1 is 1.53 bits per heavy atom. The van der Waals surface area contributed by atoms with Crippen LogP contribution in [0.1, 0.15) is 30.3 Å². The third-order valence-corrected chi connectivity index (χ3v) is 2.92. The molecule has 1 aromatic heterocycles. The predicted octanol–water partition coefficient (Wildman–Crippen LogP) is 2.44. The number of aromatic amines is 1. The van der Waals surface area contributed by atoms with Crippen molar-refractivity contribution in [3.63, 3.8) is 0 Å². The highest BCUT2D eigenvalue weighted by Gasteiger charge is 2.10. The number of hydrogen-bond donors (Lipinski definition) is 2. The number of aromatic nitrogens is 2. The Morgan fingerprint density at radius 3 is 3.06 bits per heavy atom. The lowest BCUT2D eigenvalue weighted by Gasteiger charge is -2.14. The van der Waals surface area contributed by atoms with Crippen molar-refractivity contribution >= 4 is 11.0 Å². The minimum atomic E-state index is 0.225. The molecule has 17 heavy (non-hydrogen) atoms. The Bertz CT molecular complexity index is 550. The molecule has 2 N–H and O–H groups in total. The van der Waals surface area contributed by atoms with Crippen LogP contribution in [0.2, 0.25) is 0 Å². The third-order valence-electron chi connectivity index (χ3n) is 2.92. The van der Waals surface area contributed by atoms with Gasteiger partial charge in [0.1, 0.15) is 5.82 Å². The first-order valence-corrected chi connectivity index (χ1v) is 5.75. The maximum atomic E-state index is 8.64. The topological polar surface area (TPSA) is 64.5 Å². The maximum Gasteiger partial charge on any atom is 0.104 e. The molecule has 1 unspecified atom stereocenters. The van der Waals surface area contributed by atoms with Crippen LogP contribution in [0.5, 0.6) is 0 Å². The first-order chi connectivity index (χ1) is 8.24. The van der Waals surface area contributed by atoms with Gasteiger partial charge in [-0.2, -0.15) is 5.26 Å². The average molecular weight is 228 g/mol. The minimum absolute atomic E-state index is 0.225. The second-order valence-corrected chi connectivity index (χ2v) is 4.14. The van der Waals surface area contributed by atoms with E-state index in [4.69, 9.17) is 5.26 Å². The maximum absolute atomic E-state index is 8.64. The molecule has 0 bridgehead atoms. The van der Waals surface area contributed by atoms with Crippen LogP contribution in [0.25, 0.3) is 11.0 Å². The third kappa shape index (κ3) is 2.45. The summed E-state index contributed by atoms with van der Waals surface area (Å²) in [4.78, 5) is 7.60. The van der Waals surface area contributed by atoms with E-state index in [2.05, 4.69) is 33.5 Å². The molecule has 4 nitrogen and oxygen atoms in total. The van der Waals surface area contributed by atoms with Gasteiger partial charge in [0, 0.05) is 12.5 Å². The van der Waals surface area contributed by atoms with Crippen LogP contribution in [0, 0.1) is 18.3 Å². The summed E-state index contributed by atoms with van der Waals surface area (Å²) in [6, 6.07) is 8.60. The number of imidazole rings is 1. The molecule has 88 valence electrons. The van der Waals surface area contributed by atoms with E-state index in [1.54, 1.807) is 0 Å². The monoisotopic (exact) mass is 228 g/mol. The summed E-state index contributed by atoms with van der Waals surface area (Å²) in [7, 11) is 1.92. The zero-order chi connectivity index (χ0) is 12.3. The second kappa shape index (κ2) is 4.98. The summed E-state index contributed by atoms with van der Waals surface area (Å²) in [5, 5.41) is 11.9. The highest BCUT2D eigenvalue weighted by atomic mass is 14.9. The number of H-pyrrole nitrogens is 1. The van der Waals surface area contributed by atoms with Gasteiger partial charge < -0.3 is 10.3 Å². The molecule has 1 atom stereocenters. The summed E-state index contributed by atoms with van der Waals surface area (Å²) in [5.41, 5.74) is 3.23. The van der Waals surface area contributed by atoms with Crippen molar-refractivity contribution in [3.05, 3.63) is 29.6 Å². The van der Waals surface area contributed by atoms with E-state index in [1.165, 1.54) is 5.56 Å². The smallest absolute Gasteiger partial charge is 0.104 e. The van der Waals surface area contributed by atoms with E-state index in [1.807, 2.05) is 20.0 Å². The van der Waals surface area contributed by atoms with Crippen LogP contribution in [-0.4, -0.2) is 17.0 Å². The molecule has 1 heterocycles. The van der Waals surface area contributed by atoms with E-state index in [0.29, 0.717) is 6.42 Å². The van der Waals surface area contributed by atoms with Crippen molar-refractivity contribution in [1.82, 2.24) is 15.3 Å². The van der Waals surface area contributed by atoms with E-state index in [9.17, 15) is 0 Å². The van der Waals surface area contributed by atoms with Gasteiger partial charge in [0.2, 0.25) is 0 Å². The lowest BCUT2D eigenvalue weighted by atomic mass is 10.0. The fourth-order valence-electron chi connectivity index (χ4n) is 2.06. The average Bonchev–Trinajstić information content (AvgIpc) is 2.69. The van der Waals surface area contributed by atoms with E-state index in [-0.39, 0.29) is 6.04 Å². The van der Waals surface area contributed by atoms with Crippen molar-refractivity contribution in [2.24, 2.45) is 0 Å². The molecule has 0 spiro atoms. The molecule has 0 aliphatic heterocycles. The van der Waals surface area contributed by atoms with Crippen LogP contribution in [0.4, 0.5) is 0 Å². The SMILES string of the molecule is CNC(CCC#N)c1ccc2nc(C)[nH]c2c1. The molecule has 1 aromatic carbocycles. The summed E-state index contributed by atoms with van der Waals surface area (Å²) in [5.74, 6) is 0.926. The number of nitrogens with zero attached hydrogens (tertiary/aromatic N) is 2. The van der Waals surface area contributed by atoms with Crippen LogP contribution in [-0.2, 0) is 0 Å². The normalized spacial score (nSPS) is 12.5. The molecule has 0 radical (unpaired) electrons. The van der Waals surface area contributed by atoms with Crippen molar-refractivity contribution in [2.75, 3.05) is 7.05 Å². The second-order valence-electron chi connectivity index (χ2n) is 4.14. The van der Waals surface area contributed by atoms with Gasteiger partial charge in [-0.05, 0) is 38.1 Å². The van der Waals surface area contributed by atoms with Gasteiger partial charge in [-0.25, -0.2) is 4.98 Å². The van der Waals surface area contributed by atoms with Crippen LogP contribution >= 0.6 is 0 Å². The Labute approximate surface area is 101 Å². The van der Waals surface area contributed by atoms with E-state index < -0.39 is 0 Å². The van der Waals surface area contributed by atoms with Gasteiger partial charge in [0.25, 0.3) is 0 Å². The molecule has 2 aromatic rings. The lowest BCUT2D eigenvalue weighted by Crippen LogP contribution is -2.15. The zero-order valence-corrected chi connectivity index (χ0v) is 10.1. The number of fused-ring (bicyclic) bond motifs is 1. The molecule has 0 aliphatic carbocycles. The molecule has 0 amide bonds. The number of nitriles is 1. The van der Waals surface area contributed by atoms with Crippen molar-refractivity contribution in [1.29, 1.82) is 5.26 Å². The summed E-state index contributed by atoms with van der Waals surface area (Å²) >= 11 is 0. The Kier molecular flexibility index (Phi) is 3.40. The molecule has 2 rings (SSSR count). The molecule has 0 aliphatic rings. The number of benzene rings is 1. The molecule has 0 fully saturated rings. The van der Waals surface area contributed by atoms with Crippen LogP contribution < -0.4 is 5.32 Å². The number of rotatable bonds is 4. The van der Waals surface area contributed by atoms with E-state index in [0.717, 1.165) is 23.3 Å². The standard InChI is InChI=1S/C13H16N4/c1-9-16-12-6-5-10(8-13(12)17-9)11(15-2)4-3-7-14/h5-6,8,11,15H,3-4H2,1-2H3,(H,16,17). The largest absolute Gasteiger partial charge is 0.342 e. The molecule has 4 heteroatoms. The predicted molar refractivity (Wildman–Crippen MR) is 67.5 cm³/mol. The summed E-state index contributed by atoms with van der Waals surface area (Å²) in [6.07, 6.45) is 1.39. The minimum Gasteiger partial charge on any atom is -0.342 e. The summed E-state index contributed by atoms with van der Waals surface area (Å²) < 4.78 is 0. The Morgan fingerprint density at radius 2 is 2.35 bits per heavy atom. The van der Waals surface area contributed by atoms with E-state index >= 15 is 0 Å². The molecule has 0 saturated heterocycles. The summed E-state index contributed by atoms with van der Waals surface area (Å²) in [6.45, 7) is 1.95. The van der Waals surface area contributed by atoms with Gasteiger partial charge >= 0.3 is 0 Å². The van der Waals surface area contributed by atoms with Crippen molar-refractivity contribution in [3.8, 4) is 6.07 Å². The fraction of sp³-hybridized carbons (Fsp3) is 0.385. The van der Waals surface area contributed by atoms with Crippen molar-refractivity contribution in [2.45, 2.75) is 25.8 Å². The molecule has 0 saturated carbocycles. The number of aryl methyl sites for hydroxylation is 1. The lowest BCUT2D eigenvalue weighted by molar-refractivity contribution is 0.557. The Balaban J connectivity index is 2.30. The van der Waals surface area contributed by atoms with Gasteiger partial charge in [0.15, 0.2) is 0 Å². The van der Waals surface area contributed by atoms with Gasteiger partial charge in [0.05, 0.1) is 17.1 Å². The van der Waals surface area contributed by atoms with Crippen LogP contribution in [0.15, 0.2) is 18.2 Å². The Hall–Kier alpha value is -1.86. The van der Waals surface area contributed by atoms with Gasteiger partial charge in [-0.3, -0.25) is 0 Å². The quantitative estimate of drug-likeness (QED) is 0.844. The van der Waals surface area contributed by atoms with Crippen molar-refractivity contribution < 1.29 is 0 Å². The van der Waals surface area contributed by atoms with Gasteiger partial charge in [-0.1, -0.05) is 6.07 Å². The first kappa shape index (κ1) is 11.6. The molecular formula is C13H16N4. The van der Waals surface area contributed by atoms with Crippen LogP contribution in [0.3, 0.4) is 0 Å². The zero-order valence-electron chi connectivity index (χ0n) is 10.1. The number of hydrogen-bond acceptors (Lipinski definition) is 3. The fourth-order valence-corrected chi connectivity index (χ4v) is 2.06.